The van der Waals surface area contributed by atoms with Crippen LogP contribution < -0.4 is 0 Å². The molecule has 2 N–H and O–H groups in total. The first-order chi connectivity index (χ1) is 12.3. The van der Waals surface area contributed by atoms with Crippen molar-refractivity contribution in [1.29, 1.82) is 0 Å². The molecule has 0 aromatic rings. The standard InChI is InChI=1S/C21H32O6/c1-7-18(4)11-15(24)21(25)19(5,27-18)10-14(23)17-12(2)8-9-16(20(17,21)6)26-13(3)22/h7,12,14,16-17,23,25H,1,8-11H2,2-6H3/t12-,14+,16-,17+,18-,19+,20-,21+/m0/s1. The number of carbonyl (C=O) groups excluding carboxylic acids is 2. The Hall–Kier alpha value is -1.24. The molecular weight excluding hydrogens is 348 g/mol. The summed E-state index contributed by atoms with van der Waals surface area (Å²) in [7, 11) is 0. The van der Waals surface area contributed by atoms with Crippen LogP contribution in [-0.4, -0.2) is 51.0 Å². The van der Waals surface area contributed by atoms with Gasteiger partial charge in [-0.15, -0.1) is 6.58 Å². The highest BCUT2D eigenvalue weighted by molar-refractivity contribution is 5.92. The Bertz CT molecular complexity index is 676. The first kappa shape index (κ1) is 20.5. The maximum Gasteiger partial charge on any atom is 0.302 e. The Balaban J connectivity index is 2.20. The summed E-state index contributed by atoms with van der Waals surface area (Å²) in [5.74, 6) is -1.11. The van der Waals surface area contributed by atoms with E-state index >= 15 is 0 Å². The van der Waals surface area contributed by atoms with Gasteiger partial charge in [-0.1, -0.05) is 19.9 Å². The van der Waals surface area contributed by atoms with E-state index in [1.54, 1.807) is 26.8 Å². The lowest BCUT2D eigenvalue weighted by Crippen LogP contribution is -2.81. The fraction of sp³-hybridized carbons (Fsp3) is 0.810. The van der Waals surface area contributed by atoms with Crippen LogP contribution >= 0.6 is 0 Å². The fourth-order valence-corrected chi connectivity index (χ4v) is 6.40. The predicted octanol–water partition coefficient (Wildman–Crippen LogP) is 2.16. The maximum atomic E-state index is 13.4. The van der Waals surface area contributed by atoms with Gasteiger partial charge in [0.25, 0.3) is 0 Å². The van der Waals surface area contributed by atoms with E-state index in [1.807, 2.05) is 6.92 Å². The molecular formula is C21H32O6. The molecule has 1 saturated heterocycles. The molecule has 6 nitrogen and oxygen atoms in total. The monoisotopic (exact) mass is 380 g/mol. The van der Waals surface area contributed by atoms with Gasteiger partial charge in [0.2, 0.25) is 0 Å². The van der Waals surface area contributed by atoms with Crippen molar-refractivity contribution >= 4 is 11.8 Å². The number of carbonyl (C=O) groups is 2. The van der Waals surface area contributed by atoms with E-state index in [1.165, 1.54) is 6.92 Å². The molecule has 152 valence electrons. The molecule has 6 heteroatoms. The van der Waals surface area contributed by atoms with Crippen molar-refractivity contribution in [2.24, 2.45) is 17.3 Å². The molecule has 0 radical (unpaired) electrons. The van der Waals surface area contributed by atoms with Crippen LogP contribution in [0.2, 0.25) is 0 Å². The van der Waals surface area contributed by atoms with Crippen molar-refractivity contribution in [1.82, 2.24) is 0 Å². The van der Waals surface area contributed by atoms with Gasteiger partial charge in [-0.3, -0.25) is 9.59 Å². The lowest BCUT2D eigenvalue weighted by atomic mass is 9.43. The number of hydrogen-bond donors (Lipinski definition) is 2. The normalized spacial score (nSPS) is 52.5. The van der Waals surface area contributed by atoms with E-state index in [-0.39, 0.29) is 30.5 Å². The van der Waals surface area contributed by atoms with Crippen LogP contribution in [0, 0.1) is 17.3 Å². The van der Waals surface area contributed by atoms with Crippen LogP contribution in [0.5, 0.6) is 0 Å². The lowest BCUT2D eigenvalue weighted by Gasteiger charge is -2.68. The second-order valence-corrected chi connectivity index (χ2v) is 9.39. The van der Waals surface area contributed by atoms with Gasteiger partial charge in [-0.2, -0.15) is 0 Å². The second kappa shape index (κ2) is 6.13. The molecule has 1 aliphatic heterocycles. The van der Waals surface area contributed by atoms with E-state index in [9.17, 15) is 19.8 Å². The molecule has 3 rings (SSSR count). The molecule has 0 aromatic carbocycles. The van der Waals surface area contributed by atoms with Crippen LogP contribution in [0.25, 0.3) is 0 Å². The second-order valence-electron chi connectivity index (χ2n) is 9.39. The Morgan fingerprint density at radius 1 is 1.33 bits per heavy atom. The third-order valence-electron chi connectivity index (χ3n) is 7.53. The predicted molar refractivity (Wildman–Crippen MR) is 98.8 cm³/mol. The topological polar surface area (TPSA) is 93.1 Å². The number of fused-ring (bicyclic) bond motifs is 3. The first-order valence-electron chi connectivity index (χ1n) is 9.79. The van der Waals surface area contributed by atoms with Crippen LogP contribution in [0.3, 0.4) is 0 Å². The maximum absolute atomic E-state index is 13.4. The minimum Gasteiger partial charge on any atom is -0.462 e. The van der Waals surface area contributed by atoms with Crippen molar-refractivity contribution in [3.8, 4) is 0 Å². The van der Waals surface area contributed by atoms with E-state index in [2.05, 4.69) is 6.58 Å². The number of hydrogen-bond acceptors (Lipinski definition) is 6. The molecule has 0 unspecified atom stereocenters. The fourth-order valence-electron chi connectivity index (χ4n) is 6.40. The molecule has 27 heavy (non-hydrogen) atoms. The summed E-state index contributed by atoms with van der Waals surface area (Å²) in [5, 5.41) is 23.1. The highest BCUT2D eigenvalue weighted by Crippen LogP contribution is 2.64. The zero-order valence-corrected chi connectivity index (χ0v) is 16.9. The number of ether oxygens (including phenoxy) is 2. The Labute approximate surface area is 160 Å². The van der Waals surface area contributed by atoms with E-state index in [4.69, 9.17) is 9.47 Å². The van der Waals surface area contributed by atoms with E-state index in [0.717, 1.165) is 6.42 Å². The third-order valence-corrected chi connectivity index (χ3v) is 7.53. The van der Waals surface area contributed by atoms with Gasteiger partial charge >= 0.3 is 5.97 Å². The number of esters is 1. The third kappa shape index (κ3) is 2.56. The zero-order chi connectivity index (χ0) is 20.4. The number of ketones is 1. The SMILES string of the molecule is C=C[C@@]1(C)CC(=O)[C@]2(O)[C@]3(C)[C@@H]([C@H](O)C[C@@]2(C)O1)[C@@H](C)CC[C@@H]3OC(C)=O. The summed E-state index contributed by atoms with van der Waals surface area (Å²) in [6.45, 7) is 12.3. The molecule has 8 atom stereocenters. The number of Topliss-reactive ketones (excluding diaryl/α,β-unsaturated/α-hetero) is 1. The minimum atomic E-state index is -1.87. The zero-order valence-electron chi connectivity index (χ0n) is 16.9. The molecule has 0 amide bonds. The van der Waals surface area contributed by atoms with Crippen molar-refractivity contribution in [2.45, 2.75) is 89.3 Å². The summed E-state index contributed by atoms with van der Waals surface area (Å²) in [5.41, 5.74) is -5.26. The van der Waals surface area contributed by atoms with Crippen molar-refractivity contribution < 1.29 is 29.3 Å². The largest absolute Gasteiger partial charge is 0.462 e. The average Bonchev–Trinajstić information content (AvgIpc) is 2.53. The molecule has 2 saturated carbocycles. The lowest BCUT2D eigenvalue weighted by molar-refractivity contribution is -0.335. The highest BCUT2D eigenvalue weighted by atomic mass is 16.6. The molecule has 3 aliphatic rings. The summed E-state index contributed by atoms with van der Waals surface area (Å²) >= 11 is 0. The van der Waals surface area contributed by atoms with E-state index < -0.39 is 40.4 Å². The molecule has 2 aliphatic carbocycles. The number of aliphatic hydroxyl groups is 2. The van der Waals surface area contributed by atoms with Crippen molar-refractivity contribution in [2.75, 3.05) is 0 Å². The van der Waals surface area contributed by atoms with Crippen molar-refractivity contribution in [3.63, 3.8) is 0 Å². The highest BCUT2D eigenvalue weighted by Gasteiger charge is 2.77. The van der Waals surface area contributed by atoms with Crippen LogP contribution in [0.1, 0.15) is 60.3 Å². The van der Waals surface area contributed by atoms with Crippen LogP contribution in [0.15, 0.2) is 12.7 Å². The minimum absolute atomic E-state index is 0.0117. The van der Waals surface area contributed by atoms with Crippen LogP contribution in [-0.2, 0) is 19.1 Å². The molecule has 0 spiro atoms. The van der Waals surface area contributed by atoms with Gasteiger partial charge in [0, 0.05) is 25.2 Å². The van der Waals surface area contributed by atoms with Gasteiger partial charge in [0.15, 0.2) is 11.4 Å². The van der Waals surface area contributed by atoms with Gasteiger partial charge in [0.05, 0.1) is 11.7 Å². The molecule has 3 fully saturated rings. The van der Waals surface area contributed by atoms with Gasteiger partial charge in [-0.05, 0) is 38.5 Å². The van der Waals surface area contributed by atoms with Crippen LogP contribution in [0.4, 0.5) is 0 Å². The summed E-state index contributed by atoms with van der Waals surface area (Å²) in [6, 6.07) is 0. The van der Waals surface area contributed by atoms with E-state index in [0.29, 0.717) is 6.42 Å². The van der Waals surface area contributed by atoms with Gasteiger partial charge < -0.3 is 19.7 Å². The molecule has 0 aromatic heterocycles. The molecule has 0 bridgehead atoms. The smallest absolute Gasteiger partial charge is 0.302 e. The Morgan fingerprint density at radius 3 is 2.52 bits per heavy atom. The Kier molecular flexibility index (Phi) is 4.65. The summed E-state index contributed by atoms with van der Waals surface area (Å²) in [4.78, 5) is 25.2. The van der Waals surface area contributed by atoms with Gasteiger partial charge in [-0.25, -0.2) is 0 Å². The summed E-state index contributed by atoms with van der Waals surface area (Å²) in [6.07, 6.45) is 1.53. The van der Waals surface area contributed by atoms with Crippen molar-refractivity contribution in [3.05, 3.63) is 12.7 Å². The summed E-state index contributed by atoms with van der Waals surface area (Å²) < 4.78 is 11.9. The molecule has 1 heterocycles. The number of aliphatic hydroxyl groups excluding tert-OH is 1. The van der Waals surface area contributed by atoms with Gasteiger partial charge in [0.1, 0.15) is 11.7 Å². The first-order valence-corrected chi connectivity index (χ1v) is 9.79. The quantitative estimate of drug-likeness (QED) is 0.563. The number of rotatable bonds is 2. The Morgan fingerprint density at radius 2 is 1.96 bits per heavy atom. The average molecular weight is 380 g/mol.